The Balaban J connectivity index is 1.79. The molecule has 1 atom stereocenters. The normalized spacial score (nSPS) is 11.5. The van der Waals surface area contributed by atoms with E-state index in [1.807, 2.05) is 18.2 Å². The molecule has 0 aliphatic heterocycles. The minimum absolute atomic E-state index is 0.195. The molecule has 0 unspecified atom stereocenters. The van der Waals surface area contributed by atoms with E-state index in [-0.39, 0.29) is 11.3 Å². The third kappa shape index (κ3) is 4.66. The number of H-pyrrole nitrogens is 1. The number of ketones is 1. The lowest BCUT2D eigenvalue weighted by molar-refractivity contribution is 0.0314. The number of methoxy groups -OCH3 is 1. The Labute approximate surface area is 179 Å². The van der Waals surface area contributed by atoms with Crippen molar-refractivity contribution in [3.05, 3.63) is 82.7 Å². The highest BCUT2D eigenvalue weighted by Crippen LogP contribution is 2.26. The largest absolute Gasteiger partial charge is 0.465 e. The van der Waals surface area contributed by atoms with Crippen molar-refractivity contribution in [1.29, 1.82) is 0 Å². The third-order valence-corrected chi connectivity index (χ3v) is 4.80. The number of aryl methyl sites for hydroxylation is 1. The second-order valence-corrected chi connectivity index (χ2v) is 6.94. The summed E-state index contributed by atoms with van der Waals surface area (Å²) in [7, 11) is 1.27. The number of para-hydroxylation sites is 2. The molecular formula is C24H23NO6. The van der Waals surface area contributed by atoms with Crippen LogP contribution in [0.25, 0.3) is 0 Å². The molecule has 0 aliphatic rings. The second-order valence-electron chi connectivity index (χ2n) is 6.94. The lowest BCUT2D eigenvalue weighted by Gasteiger charge is -2.14. The van der Waals surface area contributed by atoms with Gasteiger partial charge in [-0.15, -0.1) is 0 Å². The van der Waals surface area contributed by atoms with E-state index < -0.39 is 23.8 Å². The molecule has 1 aromatic heterocycles. The zero-order valence-electron chi connectivity index (χ0n) is 17.7. The molecule has 0 saturated carbocycles. The van der Waals surface area contributed by atoms with Gasteiger partial charge in [-0.25, -0.2) is 9.59 Å². The lowest BCUT2D eigenvalue weighted by atomic mass is 10.1. The first-order chi connectivity index (χ1) is 14.8. The Morgan fingerprint density at radius 3 is 2.23 bits per heavy atom. The Kier molecular flexibility index (Phi) is 6.55. The summed E-state index contributed by atoms with van der Waals surface area (Å²) >= 11 is 0. The van der Waals surface area contributed by atoms with Crippen molar-refractivity contribution >= 4 is 17.7 Å². The zero-order chi connectivity index (χ0) is 22.5. The van der Waals surface area contributed by atoms with Crippen LogP contribution in [0.15, 0.2) is 54.6 Å². The predicted molar refractivity (Wildman–Crippen MR) is 114 cm³/mol. The molecule has 31 heavy (non-hydrogen) atoms. The van der Waals surface area contributed by atoms with Crippen LogP contribution in [0, 0.1) is 13.8 Å². The van der Waals surface area contributed by atoms with E-state index >= 15 is 0 Å². The summed E-state index contributed by atoms with van der Waals surface area (Å²) in [6.45, 7) is 4.79. The molecule has 0 radical (unpaired) electrons. The first kappa shape index (κ1) is 21.8. The highest BCUT2D eigenvalue weighted by molar-refractivity contribution is 6.04. The zero-order valence-corrected chi connectivity index (χ0v) is 17.7. The fourth-order valence-electron chi connectivity index (χ4n) is 3.23. The summed E-state index contributed by atoms with van der Waals surface area (Å²) in [5.74, 6) is -0.799. The summed E-state index contributed by atoms with van der Waals surface area (Å²) in [4.78, 5) is 40.5. The van der Waals surface area contributed by atoms with Crippen LogP contribution in [0.5, 0.6) is 11.5 Å². The molecule has 0 bridgehead atoms. The van der Waals surface area contributed by atoms with Crippen molar-refractivity contribution in [2.75, 3.05) is 7.11 Å². The number of carbonyl (C=O) groups is 3. The van der Waals surface area contributed by atoms with E-state index in [0.29, 0.717) is 28.3 Å². The summed E-state index contributed by atoms with van der Waals surface area (Å²) in [6.07, 6.45) is -1.08. The second kappa shape index (κ2) is 9.30. The molecule has 160 valence electrons. The number of aromatic nitrogens is 1. The highest BCUT2D eigenvalue weighted by atomic mass is 16.5. The van der Waals surface area contributed by atoms with Crippen molar-refractivity contribution in [3.63, 3.8) is 0 Å². The van der Waals surface area contributed by atoms with Crippen LogP contribution in [-0.4, -0.2) is 35.9 Å². The smallest absolute Gasteiger partial charge is 0.342 e. The van der Waals surface area contributed by atoms with E-state index in [1.54, 1.807) is 50.2 Å². The maximum Gasteiger partial charge on any atom is 0.342 e. The average molecular weight is 421 g/mol. The van der Waals surface area contributed by atoms with Gasteiger partial charge in [-0.2, -0.15) is 0 Å². The molecular weight excluding hydrogens is 398 g/mol. The molecule has 0 amide bonds. The van der Waals surface area contributed by atoms with Gasteiger partial charge >= 0.3 is 11.9 Å². The first-order valence-corrected chi connectivity index (χ1v) is 9.68. The number of rotatable bonds is 7. The van der Waals surface area contributed by atoms with Crippen LogP contribution in [0.2, 0.25) is 0 Å². The number of benzene rings is 2. The van der Waals surface area contributed by atoms with Gasteiger partial charge in [0.2, 0.25) is 5.78 Å². The van der Waals surface area contributed by atoms with E-state index in [9.17, 15) is 14.4 Å². The third-order valence-electron chi connectivity index (χ3n) is 4.80. The average Bonchev–Trinajstić information content (AvgIpc) is 3.07. The lowest BCUT2D eigenvalue weighted by Crippen LogP contribution is -2.25. The summed E-state index contributed by atoms with van der Waals surface area (Å²) in [5, 5.41) is 0. The number of ether oxygens (including phenoxy) is 3. The van der Waals surface area contributed by atoms with E-state index in [1.165, 1.54) is 14.0 Å². The van der Waals surface area contributed by atoms with Crippen molar-refractivity contribution in [1.82, 2.24) is 4.98 Å². The van der Waals surface area contributed by atoms with Crippen LogP contribution in [0.1, 0.15) is 49.4 Å². The number of aromatic amines is 1. The van der Waals surface area contributed by atoms with E-state index in [2.05, 4.69) is 4.98 Å². The van der Waals surface area contributed by atoms with Gasteiger partial charge in [0.05, 0.1) is 18.4 Å². The summed E-state index contributed by atoms with van der Waals surface area (Å²) < 4.78 is 16.0. The maximum absolute atomic E-state index is 12.9. The van der Waals surface area contributed by atoms with Crippen LogP contribution in [0.3, 0.4) is 0 Å². The molecule has 2 aromatic carbocycles. The quantitative estimate of drug-likeness (QED) is 0.441. The van der Waals surface area contributed by atoms with Crippen molar-refractivity contribution < 1.29 is 28.6 Å². The number of nitrogens with one attached hydrogen (secondary N) is 1. The number of Topliss-reactive ketones (excluding diaryl/α,β-unsaturated/α-hetero) is 1. The molecule has 0 saturated heterocycles. The Morgan fingerprint density at radius 2 is 1.55 bits per heavy atom. The van der Waals surface area contributed by atoms with Gasteiger partial charge in [-0.3, -0.25) is 4.79 Å². The molecule has 0 aliphatic carbocycles. The van der Waals surface area contributed by atoms with Crippen molar-refractivity contribution in [3.8, 4) is 11.5 Å². The Morgan fingerprint density at radius 1 is 0.903 bits per heavy atom. The van der Waals surface area contributed by atoms with Gasteiger partial charge in [0.15, 0.2) is 6.10 Å². The number of carbonyl (C=O) groups excluding carboxylic acids is 3. The van der Waals surface area contributed by atoms with Gasteiger partial charge in [-0.05, 0) is 50.6 Å². The van der Waals surface area contributed by atoms with Gasteiger partial charge in [-0.1, -0.05) is 30.3 Å². The molecule has 0 fully saturated rings. The van der Waals surface area contributed by atoms with Crippen LogP contribution >= 0.6 is 0 Å². The molecule has 1 N–H and O–H groups in total. The molecule has 0 spiro atoms. The first-order valence-electron chi connectivity index (χ1n) is 9.68. The van der Waals surface area contributed by atoms with Crippen molar-refractivity contribution in [2.24, 2.45) is 0 Å². The molecule has 3 aromatic rings. The molecule has 3 rings (SSSR count). The fraction of sp³-hybridized carbons (Fsp3) is 0.208. The summed E-state index contributed by atoms with van der Waals surface area (Å²) in [5.41, 5.74) is 1.65. The van der Waals surface area contributed by atoms with Gasteiger partial charge in [0, 0.05) is 5.69 Å². The van der Waals surface area contributed by atoms with Crippen molar-refractivity contribution in [2.45, 2.75) is 26.9 Å². The number of hydrogen-bond acceptors (Lipinski definition) is 6. The van der Waals surface area contributed by atoms with Crippen LogP contribution in [-0.2, 0) is 9.47 Å². The molecule has 7 heteroatoms. The predicted octanol–water partition coefficient (Wildman–Crippen LogP) is 4.64. The number of hydrogen-bond donors (Lipinski definition) is 1. The molecule has 1 heterocycles. The monoisotopic (exact) mass is 421 g/mol. The standard InChI is InChI=1S/C24H23NO6/c1-14-20(24(28)29-4)15(2)25-21(14)22(26)16(3)30-23(27)18-12-8-9-13-19(18)31-17-10-6-5-7-11-17/h5-13,16,25H,1-4H3/t16-/m0/s1. The van der Waals surface area contributed by atoms with E-state index in [4.69, 9.17) is 14.2 Å². The van der Waals surface area contributed by atoms with Crippen LogP contribution < -0.4 is 4.74 Å². The summed E-state index contributed by atoms with van der Waals surface area (Å²) in [6, 6.07) is 15.7. The minimum Gasteiger partial charge on any atom is -0.465 e. The van der Waals surface area contributed by atoms with Gasteiger partial charge in [0.1, 0.15) is 17.1 Å². The number of esters is 2. The maximum atomic E-state index is 12.9. The topological polar surface area (TPSA) is 94.7 Å². The van der Waals surface area contributed by atoms with E-state index in [0.717, 1.165) is 0 Å². The molecule has 7 nitrogen and oxygen atoms in total. The van der Waals surface area contributed by atoms with Crippen LogP contribution in [0.4, 0.5) is 0 Å². The van der Waals surface area contributed by atoms with Gasteiger partial charge < -0.3 is 19.2 Å². The SMILES string of the molecule is COC(=O)c1c(C)[nH]c(C(=O)[C@H](C)OC(=O)c2ccccc2Oc2ccccc2)c1C. The highest BCUT2D eigenvalue weighted by Gasteiger charge is 2.28. The Hall–Kier alpha value is -3.87. The Bertz CT molecular complexity index is 1120. The fourth-order valence-corrected chi connectivity index (χ4v) is 3.23. The minimum atomic E-state index is -1.08. The van der Waals surface area contributed by atoms with Gasteiger partial charge in [0.25, 0.3) is 0 Å².